The van der Waals surface area contributed by atoms with Crippen LogP contribution in [-0.2, 0) is 0 Å². The molecule has 0 fully saturated rings. The van der Waals surface area contributed by atoms with Crippen LogP contribution in [0.15, 0.2) is 48.7 Å². The molecule has 2 aromatic carbocycles. The number of rotatable bonds is 7. The Morgan fingerprint density at radius 1 is 1.00 bits per heavy atom. The molecule has 3 rings (SSSR count). The van der Waals surface area contributed by atoms with E-state index >= 15 is 0 Å². The SMILES string of the molecule is Nc1c(C(=O)NC[C@@](O)(CNC(=O)c2c(Cl)cccc2Cl)C(F)(F)F)cnn1-c1ccc(F)cc1. The molecule has 3 aromatic rings. The van der Waals surface area contributed by atoms with Crippen molar-refractivity contribution in [3.05, 3.63) is 75.7 Å². The van der Waals surface area contributed by atoms with Crippen LogP contribution in [0.2, 0.25) is 10.0 Å². The van der Waals surface area contributed by atoms with Gasteiger partial charge < -0.3 is 21.5 Å². The monoisotopic (exact) mass is 533 g/mol. The molecule has 186 valence electrons. The Bertz CT molecular complexity index is 1230. The number of nitrogens with one attached hydrogen (secondary N) is 2. The zero-order chi connectivity index (χ0) is 26.0. The van der Waals surface area contributed by atoms with Crippen molar-refractivity contribution in [3.63, 3.8) is 0 Å². The van der Waals surface area contributed by atoms with Gasteiger partial charge in [-0.2, -0.15) is 18.3 Å². The summed E-state index contributed by atoms with van der Waals surface area (Å²) in [6.07, 6.45) is -4.25. The molecular weight excluding hydrogens is 517 g/mol. The van der Waals surface area contributed by atoms with Gasteiger partial charge >= 0.3 is 6.18 Å². The van der Waals surface area contributed by atoms with E-state index in [1.54, 1.807) is 0 Å². The van der Waals surface area contributed by atoms with Crippen molar-refractivity contribution in [3.8, 4) is 5.69 Å². The van der Waals surface area contributed by atoms with Gasteiger partial charge in [0, 0.05) is 0 Å². The van der Waals surface area contributed by atoms with Gasteiger partial charge in [-0.25, -0.2) is 9.07 Å². The minimum atomic E-state index is -5.25. The van der Waals surface area contributed by atoms with Gasteiger partial charge in [0.25, 0.3) is 11.8 Å². The van der Waals surface area contributed by atoms with Crippen LogP contribution in [0.25, 0.3) is 5.69 Å². The summed E-state index contributed by atoms with van der Waals surface area (Å²) in [5.41, 5.74) is 2.06. The van der Waals surface area contributed by atoms with Crippen molar-refractivity contribution in [2.45, 2.75) is 11.8 Å². The zero-order valence-electron chi connectivity index (χ0n) is 17.5. The summed E-state index contributed by atoms with van der Waals surface area (Å²) < 4.78 is 55.1. The predicted octanol–water partition coefficient (Wildman–Crippen LogP) is 3.35. The Kier molecular flexibility index (Phi) is 7.58. The molecule has 0 aliphatic rings. The van der Waals surface area contributed by atoms with E-state index in [1.807, 2.05) is 10.6 Å². The predicted molar refractivity (Wildman–Crippen MR) is 120 cm³/mol. The maximum absolute atomic E-state index is 13.6. The van der Waals surface area contributed by atoms with Crippen LogP contribution in [0.3, 0.4) is 0 Å². The number of hydrogen-bond donors (Lipinski definition) is 4. The summed E-state index contributed by atoms with van der Waals surface area (Å²) in [4.78, 5) is 24.8. The number of alkyl halides is 3. The number of benzene rings is 2. The molecule has 5 N–H and O–H groups in total. The average molecular weight is 534 g/mol. The zero-order valence-corrected chi connectivity index (χ0v) is 19.0. The Morgan fingerprint density at radius 2 is 1.54 bits per heavy atom. The van der Waals surface area contributed by atoms with E-state index in [4.69, 9.17) is 28.9 Å². The smallest absolute Gasteiger partial charge is 0.383 e. The van der Waals surface area contributed by atoms with Gasteiger partial charge in [0.15, 0.2) is 5.60 Å². The molecule has 0 aliphatic heterocycles. The molecule has 0 bridgehead atoms. The first-order chi connectivity index (χ1) is 16.3. The van der Waals surface area contributed by atoms with E-state index in [9.17, 15) is 32.3 Å². The first-order valence-electron chi connectivity index (χ1n) is 9.73. The van der Waals surface area contributed by atoms with Gasteiger partial charge in [-0.1, -0.05) is 29.3 Å². The molecule has 14 heteroatoms. The van der Waals surface area contributed by atoms with Crippen LogP contribution in [0.1, 0.15) is 20.7 Å². The maximum Gasteiger partial charge on any atom is 0.420 e. The molecule has 1 aromatic heterocycles. The molecule has 8 nitrogen and oxygen atoms in total. The van der Waals surface area contributed by atoms with Crippen molar-refractivity contribution in [2.24, 2.45) is 0 Å². The topological polar surface area (TPSA) is 122 Å². The van der Waals surface area contributed by atoms with Crippen LogP contribution in [0.4, 0.5) is 23.4 Å². The second kappa shape index (κ2) is 10.1. The Hall–Kier alpha value is -3.35. The van der Waals surface area contributed by atoms with Crippen molar-refractivity contribution >= 4 is 40.8 Å². The molecule has 0 saturated carbocycles. The highest BCUT2D eigenvalue weighted by atomic mass is 35.5. The van der Waals surface area contributed by atoms with Gasteiger partial charge in [0.2, 0.25) is 0 Å². The van der Waals surface area contributed by atoms with Gasteiger partial charge in [-0.05, 0) is 36.4 Å². The van der Waals surface area contributed by atoms with Crippen molar-refractivity contribution in [1.82, 2.24) is 20.4 Å². The third kappa shape index (κ3) is 5.66. The fraction of sp³-hybridized carbons (Fsp3) is 0.190. The molecule has 0 radical (unpaired) electrons. The number of nitrogens with zero attached hydrogens (tertiary/aromatic N) is 2. The van der Waals surface area contributed by atoms with Gasteiger partial charge in [0.05, 0.1) is 40.6 Å². The Balaban J connectivity index is 1.73. The largest absolute Gasteiger partial charge is 0.420 e. The third-order valence-corrected chi connectivity index (χ3v) is 5.55. The summed E-state index contributed by atoms with van der Waals surface area (Å²) in [6.45, 7) is -2.64. The lowest BCUT2D eigenvalue weighted by atomic mass is 10.0. The van der Waals surface area contributed by atoms with Crippen LogP contribution < -0.4 is 16.4 Å². The minimum Gasteiger partial charge on any atom is -0.383 e. The molecule has 0 aliphatic carbocycles. The quantitative estimate of drug-likeness (QED) is 0.347. The number of nitrogen functional groups attached to an aromatic ring is 1. The van der Waals surface area contributed by atoms with E-state index in [2.05, 4.69) is 5.10 Å². The third-order valence-electron chi connectivity index (χ3n) is 4.92. The number of amides is 2. The fourth-order valence-corrected chi connectivity index (χ4v) is 3.50. The number of halogens is 6. The number of aromatic nitrogens is 2. The van der Waals surface area contributed by atoms with Crippen molar-refractivity contribution in [2.75, 3.05) is 18.8 Å². The highest BCUT2D eigenvalue weighted by molar-refractivity contribution is 6.39. The number of carbonyl (C=O) groups is 2. The lowest BCUT2D eigenvalue weighted by Crippen LogP contribution is -2.59. The number of aliphatic hydroxyl groups is 1. The van der Waals surface area contributed by atoms with Crippen LogP contribution in [0, 0.1) is 5.82 Å². The van der Waals surface area contributed by atoms with E-state index < -0.39 is 42.5 Å². The van der Waals surface area contributed by atoms with Crippen LogP contribution in [0.5, 0.6) is 0 Å². The standard InChI is InChI=1S/C21H17Cl2F4N5O3/c22-14-2-1-3-15(23)16(14)19(34)30-10-20(35,21(25,26)27)9-29-18(33)13-8-31-32(17(13)28)12-6-4-11(24)5-7-12/h1-8,35H,9-10,28H2,(H,29,33)(H,30,34)/t20-/m1/s1. The molecule has 0 unspecified atom stereocenters. The van der Waals surface area contributed by atoms with Gasteiger partial charge in [0.1, 0.15) is 17.2 Å². The molecule has 35 heavy (non-hydrogen) atoms. The molecule has 2 amide bonds. The second-order valence-electron chi connectivity index (χ2n) is 7.32. The first kappa shape index (κ1) is 26.3. The van der Waals surface area contributed by atoms with Crippen molar-refractivity contribution in [1.29, 1.82) is 0 Å². The Morgan fingerprint density at radius 3 is 2.09 bits per heavy atom. The summed E-state index contributed by atoms with van der Waals surface area (Å²) in [5, 5.41) is 17.8. The second-order valence-corrected chi connectivity index (χ2v) is 8.14. The summed E-state index contributed by atoms with van der Waals surface area (Å²) in [7, 11) is 0. The van der Waals surface area contributed by atoms with Crippen molar-refractivity contribution < 1.29 is 32.3 Å². The van der Waals surface area contributed by atoms with Gasteiger partial charge in [-0.15, -0.1) is 0 Å². The lowest BCUT2D eigenvalue weighted by molar-refractivity contribution is -0.254. The molecule has 1 heterocycles. The molecule has 0 saturated heterocycles. The Labute approximate surface area is 205 Å². The highest BCUT2D eigenvalue weighted by Gasteiger charge is 2.54. The van der Waals surface area contributed by atoms with E-state index in [-0.39, 0.29) is 27.0 Å². The van der Waals surface area contributed by atoms with Crippen LogP contribution in [-0.4, -0.2) is 51.6 Å². The highest BCUT2D eigenvalue weighted by Crippen LogP contribution is 2.30. The van der Waals surface area contributed by atoms with Gasteiger partial charge in [-0.3, -0.25) is 9.59 Å². The summed E-state index contributed by atoms with van der Waals surface area (Å²) >= 11 is 11.8. The molecule has 1 atom stereocenters. The number of anilines is 1. The minimum absolute atomic E-state index is 0.104. The van der Waals surface area contributed by atoms with Crippen LogP contribution >= 0.6 is 23.2 Å². The number of carbonyl (C=O) groups excluding carboxylic acids is 2. The number of nitrogens with two attached hydrogens (primary N) is 1. The fourth-order valence-electron chi connectivity index (χ4n) is 2.94. The lowest BCUT2D eigenvalue weighted by Gasteiger charge is -2.30. The average Bonchev–Trinajstić information content (AvgIpc) is 3.17. The van der Waals surface area contributed by atoms with E-state index in [0.29, 0.717) is 5.69 Å². The number of hydrogen-bond acceptors (Lipinski definition) is 5. The normalized spacial score (nSPS) is 13.2. The summed E-state index contributed by atoms with van der Waals surface area (Å²) in [5.74, 6) is -2.88. The molecular formula is C21H17Cl2F4N5O3. The maximum atomic E-state index is 13.6. The molecule has 0 spiro atoms. The van der Waals surface area contributed by atoms with E-state index in [1.165, 1.54) is 30.3 Å². The first-order valence-corrected chi connectivity index (χ1v) is 10.5. The van der Waals surface area contributed by atoms with E-state index in [0.717, 1.165) is 23.0 Å². The summed E-state index contributed by atoms with van der Waals surface area (Å²) in [6, 6.07) is 8.98.